The number of aromatic carboxylic acids is 1. The van der Waals surface area contributed by atoms with Gasteiger partial charge in [0.05, 0.1) is 5.56 Å². The third-order valence-electron chi connectivity index (χ3n) is 2.15. The van der Waals surface area contributed by atoms with Crippen LogP contribution in [-0.4, -0.2) is 11.1 Å². The predicted molar refractivity (Wildman–Crippen MR) is 55.9 cm³/mol. The summed E-state index contributed by atoms with van der Waals surface area (Å²) < 4.78 is 13.6. The van der Waals surface area contributed by atoms with Crippen LogP contribution in [0.5, 0.6) is 0 Å². The van der Waals surface area contributed by atoms with E-state index in [9.17, 15) is 9.18 Å². The van der Waals surface area contributed by atoms with E-state index in [1.165, 1.54) is 24.3 Å². The van der Waals surface area contributed by atoms with Gasteiger partial charge in [0.15, 0.2) is 0 Å². The summed E-state index contributed by atoms with van der Waals surface area (Å²) >= 11 is 5.73. The monoisotopic (exact) mass is 224 g/mol. The van der Waals surface area contributed by atoms with Gasteiger partial charge in [-0.25, -0.2) is 9.18 Å². The highest BCUT2D eigenvalue weighted by molar-refractivity contribution is 6.31. The highest BCUT2D eigenvalue weighted by Crippen LogP contribution is 2.24. The van der Waals surface area contributed by atoms with E-state index in [4.69, 9.17) is 16.7 Å². The molecule has 2 rings (SSSR count). The average Bonchev–Trinajstić information content (AvgIpc) is 2.17. The van der Waals surface area contributed by atoms with E-state index < -0.39 is 11.8 Å². The van der Waals surface area contributed by atoms with Crippen LogP contribution in [0.25, 0.3) is 10.8 Å². The van der Waals surface area contributed by atoms with E-state index >= 15 is 0 Å². The Morgan fingerprint density at radius 3 is 2.67 bits per heavy atom. The molecule has 0 aromatic heterocycles. The normalized spacial score (nSPS) is 10.5. The molecule has 0 unspecified atom stereocenters. The second-order valence-corrected chi connectivity index (χ2v) is 3.53. The fraction of sp³-hybridized carbons (Fsp3) is 0. The summed E-state index contributed by atoms with van der Waals surface area (Å²) in [5.41, 5.74) is -0.329. The van der Waals surface area contributed by atoms with Gasteiger partial charge in [-0.15, -0.1) is 0 Å². The van der Waals surface area contributed by atoms with Gasteiger partial charge in [0.2, 0.25) is 0 Å². The quantitative estimate of drug-likeness (QED) is 0.807. The second kappa shape index (κ2) is 3.51. The molecule has 0 saturated carbocycles. The number of benzene rings is 2. The highest BCUT2D eigenvalue weighted by atomic mass is 35.5. The van der Waals surface area contributed by atoms with Crippen LogP contribution in [0, 0.1) is 5.82 Å². The molecule has 0 amide bonds. The third-order valence-corrected chi connectivity index (χ3v) is 2.38. The van der Waals surface area contributed by atoms with Gasteiger partial charge in [0.1, 0.15) is 5.82 Å². The number of fused-ring (bicyclic) bond motifs is 1. The highest BCUT2D eigenvalue weighted by Gasteiger charge is 2.12. The third kappa shape index (κ3) is 1.66. The van der Waals surface area contributed by atoms with Gasteiger partial charge in [-0.3, -0.25) is 0 Å². The van der Waals surface area contributed by atoms with Crippen LogP contribution in [0.1, 0.15) is 10.4 Å². The second-order valence-electron chi connectivity index (χ2n) is 3.10. The fourth-order valence-corrected chi connectivity index (χ4v) is 1.61. The minimum atomic E-state index is -1.27. The molecular weight excluding hydrogens is 219 g/mol. The lowest BCUT2D eigenvalue weighted by atomic mass is 10.1. The molecule has 2 nitrogen and oxygen atoms in total. The van der Waals surface area contributed by atoms with Crippen LogP contribution < -0.4 is 0 Å². The van der Waals surface area contributed by atoms with Crippen molar-refractivity contribution in [3.05, 3.63) is 46.7 Å². The predicted octanol–water partition coefficient (Wildman–Crippen LogP) is 3.33. The molecule has 0 aliphatic carbocycles. The van der Waals surface area contributed by atoms with E-state index in [0.29, 0.717) is 10.4 Å². The Morgan fingerprint density at radius 2 is 2.00 bits per heavy atom. The first-order chi connectivity index (χ1) is 7.09. The number of hydrogen-bond donors (Lipinski definition) is 1. The van der Waals surface area contributed by atoms with E-state index in [1.54, 1.807) is 6.07 Å². The number of hydrogen-bond acceptors (Lipinski definition) is 1. The standard InChI is InChI=1S/C11H6ClFO2/c12-7-2-4-8-6(5-7)1-3-9(10(8)13)11(14)15/h1-5H,(H,14,15). The molecule has 2 aromatic carbocycles. The maximum Gasteiger partial charge on any atom is 0.338 e. The van der Waals surface area contributed by atoms with Crippen molar-refractivity contribution in [1.82, 2.24) is 0 Å². The number of carboxylic acids is 1. The molecule has 0 spiro atoms. The van der Waals surface area contributed by atoms with Crippen molar-refractivity contribution in [2.24, 2.45) is 0 Å². The van der Waals surface area contributed by atoms with Gasteiger partial charge in [0.25, 0.3) is 0 Å². The molecule has 76 valence electrons. The first-order valence-electron chi connectivity index (χ1n) is 4.20. The van der Waals surface area contributed by atoms with Crippen LogP contribution >= 0.6 is 11.6 Å². The molecule has 0 aliphatic heterocycles. The summed E-state index contributed by atoms with van der Waals surface area (Å²) in [6, 6.07) is 7.35. The van der Waals surface area contributed by atoms with Crippen LogP contribution in [0.3, 0.4) is 0 Å². The number of carbonyl (C=O) groups is 1. The zero-order valence-corrected chi connectivity index (χ0v) is 8.25. The Bertz CT molecular complexity index is 552. The summed E-state index contributed by atoms with van der Waals surface area (Å²) in [6.07, 6.45) is 0. The van der Waals surface area contributed by atoms with Gasteiger partial charge < -0.3 is 5.11 Å². The SMILES string of the molecule is O=C(O)c1ccc2cc(Cl)ccc2c1F. The van der Waals surface area contributed by atoms with Crippen molar-refractivity contribution in [3.63, 3.8) is 0 Å². The fourth-order valence-electron chi connectivity index (χ4n) is 1.43. The summed E-state index contributed by atoms with van der Waals surface area (Å²) in [5.74, 6) is -2.00. The van der Waals surface area contributed by atoms with Gasteiger partial charge in [-0.1, -0.05) is 17.7 Å². The lowest BCUT2D eigenvalue weighted by Gasteiger charge is -2.03. The van der Waals surface area contributed by atoms with Crippen molar-refractivity contribution in [2.45, 2.75) is 0 Å². The largest absolute Gasteiger partial charge is 0.478 e. The Labute approximate surface area is 89.9 Å². The van der Waals surface area contributed by atoms with Crippen LogP contribution in [-0.2, 0) is 0 Å². The molecule has 0 heterocycles. The molecule has 0 atom stereocenters. The first kappa shape index (κ1) is 9.93. The maximum atomic E-state index is 13.6. The zero-order valence-electron chi connectivity index (χ0n) is 7.50. The van der Waals surface area contributed by atoms with Gasteiger partial charge in [-0.2, -0.15) is 0 Å². The Kier molecular flexibility index (Phi) is 2.32. The van der Waals surface area contributed by atoms with Crippen molar-refractivity contribution in [1.29, 1.82) is 0 Å². The molecule has 2 aromatic rings. The molecule has 0 saturated heterocycles. The molecule has 0 fully saturated rings. The minimum absolute atomic E-state index is 0.263. The average molecular weight is 225 g/mol. The Hall–Kier alpha value is -1.61. The van der Waals surface area contributed by atoms with Gasteiger partial charge >= 0.3 is 5.97 Å². The number of rotatable bonds is 1. The Morgan fingerprint density at radius 1 is 1.27 bits per heavy atom. The summed E-state index contributed by atoms with van der Waals surface area (Å²) in [5, 5.41) is 10.1. The molecular formula is C11H6ClFO2. The van der Waals surface area contributed by atoms with Crippen LogP contribution in [0.2, 0.25) is 5.02 Å². The molecule has 0 bridgehead atoms. The van der Waals surface area contributed by atoms with E-state index in [-0.39, 0.29) is 10.9 Å². The number of carboxylic acid groups (broad SMARTS) is 1. The zero-order chi connectivity index (χ0) is 11.0. The topological polar surface area (TPSA) is 37.3 Å². The smallest absolute Gasteiger partial charge is 0.338 e. The van der Waals surface area contributed by atoms with Crippen molar-refractivity contribution in [3.8, 4) is 0 Å². The lowest BCUT2D eigenvalue weighted by molar-refractivity contribution is 0.0692. The summed E-state index contributed by atoms with van der Waals surface area (Å²) in [4.78, 5) is 10.7. The first-order valence-corrected chi connectivity index (χ1v) is 4.58. The van der Waals surface area contributed by atoms with Crippen LogP contribution in [0.4, 0.5) is 4.39 Å². The summed E-state index contributed by atoms with van der Waals surface area (Å²) in [7, 11) is 0. The molecule has 0 radical (unpaired) electrons. The molecule has 0 aliphatic rings. The number of halogens is 2. The molecule has 4 heteroatoms. The van der Waals surface area contributed by atoms with Crippen molar-refractivity contribution >= 4 is 28.3 Å². The minimum Gasteiger partial charge on any atom is -0.478 e. The van der Waals surface area contributed by atoms with Gasteiger partial charge in [-0.05, 0) is 29.7 Å². The summed E-state index contributed by atoms with van der Waals surface area (Å²) in [6.45, 7) is 0. The lowest BCUT2D eigenvalue weighted by Crippen LogP contribution is -2.00. The molecule has 1 N–H and O–H groups in total. The van der Waals surface area contributed by atoms with E-state index in [1.807, 2.05) is 0 Å². The van der Waals surface area contributed by atoms with Crippen molar-refractivity contribution < 1.29 is 14.3 Å². The van der Waals surface area contributed by atoms with Crippen molar-refractivity contribution in [2.75, 3.05) is 0 Å². The maximum absolute atomic E-state index is 13.6. The van der Waals surface area contributed by atoms with Crippen LogP contribution in [0.15, 0.2) is 30.3 Å². The molecule has 15 heavy (non-hydrogen) atoms. The Balaban J connectivity index is 2.80. The van der Waals surface area contributed by atoms with Gasteiger partial charge in [0, 0.05) is 10.4 Å². The van der Waals surface area contributed by atoms with E-state index in [2.05, 4.69) is 0 Å². The van der Waals surface area contributed by atoms with E-state index in [0.717, 1.165) is 0 Å².